The van der Waals surface area contributed by atoms with E-state index >= 15 is 0 Å². The third-order valence-electron chi connectivity index (χ3n) is 4.76. The van der Waals surface area contributed by atoms with Crippen molar-refractivity contribution in [1.29, 1.82) is 0 Å². The Balaban J connectivity index is 1.77. The van der Waals surface area contributed by atoms with E-state index in [9.17, 15) is 9.59 Å². The van der Waals surface area contributed by atoms with Crippen molar-refractivity contribution < 1.29 is 19.1 Å². The molecule has 3 rings (SSSR count). The fourth-order valence-electron chi connectivity index (χ4n) is 3.16. The van der Waals surface area contributed by atoms with Gasteiger partial charge < -0.3 is 9.47 Å². The molecule has 0 amide bonds. The highest BCUT2D eigenvalue weighted by molar-refractivity contribution is 5.97. The van der Waals surface area contributed by atoms with E-state index in [1.807, 2.05) is 42.5 Å². The average Bonchev–Trinajstić information content (AvgIpc) is 2.76. The number of carbonyl (C=O) groups excluding carboxylic acids is 2. The average molecular weight is 388 g/mol. The van der Waals surface area contributed by atoms with Gasteiger partial charge in [-0.25, -0.2) is 4.79 Å². The van der Waals surface area contributed by atoms with Crippen LogP contribution in [0, 0.1) is 0 Å². The molecule has 0 fully saturated rings. The van der Waals surface area contributed by atoms with Crippen LogP contribution in [0.1, 0.15) is 44.3 Å². The van der Waals surface area contributed by atoms with Crippen LogP contribution in [0.2, 0.25) is 0 Å². The Morgan fingerprint density at radius 2 is 1.52 bits per heavy atom. The van der Waals surface area contributed by atoms with Crippen molar-refractivity contribution in [2.75, 3.05) is 7.11 Å². The number of Topliss-reactive ketones (excluding diaryl/α,β-unsaturated/α-hetero) is 1. The molecule has 4 heteroatoms. The molecule has 0 aromatic heterocycles. The second-order valence-corrected chi connectivity index (χ2v) is 6.81. The van der Waals surface area contributed by atoms with E-state index in [0.717, 1.165) is 24.0 Å². The number of rotatable bonds is 8. The lowest BCUT2D eigenvalue weighted by molar-refractivity contribution is 0.0600. The van der Waals surface area contributed by atoms with Gasteiger partial charge in [0.2, 0.25) is 0 Å². The molecule has 3 aromatic carbocycles. The van der Waals surface area contributed by atoms with E-state index in [-0.39, 0.29) is 11.8 Å². The molecule has 0 saturated carbocycles. The third kappa shape index (κ3) is 5.32. The van der Waals surface area contributed by atoms with Crippen LogP contribution in [0.4, 0.5) is 0 Å². The fraction of sp³-hybridized carbons (Fsp3) is 0.200. The standard InChI is InChI=1S/C25H24O4/c1-18(26)23-10-6-9-21(14-11-19-7-4-3-5-8-19)24(23)29-17-20-12-15-22(16-13-20)25(27)28-2/h3-10,12-13,15-16H,11,14,17H2,1-2H3. The van der Waals surface area contributed by atoms with E-state index in [1.54, 1.807) is 25.1 Å². The summed E-state index contributed by atoms with van der Waals surface area (Å²) in [5.41, 5.74) is 4.23. The molecular formula is C25H24O4. The highest BCUT2D eigenvalue weighted by Gasteiger charge is 2.14. The number of ether oxygens (including phenoxy) is 2. The number of hydrogen-bond acceptors (Lipinski definition) is 4. The molecule has 0 aliphatic carbocycles. The lowest BCUT2D eigenvalue weighted by Crippen LogP contribution is -2.06. The molecule has 4 nitrogen and oxygen atoms in total. The maximum Gasteiger partial charge on any atom is 0.337 e. The molecule has 0 N–H and O–H groups in total. The lowest BCUT2D eigenvalue weighted by atomic mass is 9.99. The van der Waals surface area contributed by atoms with Crippen molar-refractivity contribution in [1.82, 2.24) is 0 Å². The highest BCUT2D eigenvalue weighted by Crippen LogP contribution is 2.27. The van der Waals surface area contributed by atoms with Crippen LogP contribution >= 0.6 is 0 Å². The van der Waals surface area contributed by atoms with Gasteiger partial charge in [0.15, 0.2) is 5.78 Å². The Morgan fingerprint density at radius 1 is 0.793 bits per heavy atom. The fourth-order valence-corrected chi connectivity index (χ4v) is 3.16. The molecule has 0 aliphatic heterocycles. The van der Waals surface area contributed by atoms with Gasteiger partial charge in [0, 0.05) is 0 Å². The molecule has 0 saturated heterocycles. The largest absolute Gasteiger partial charge is 0.488 e. The first-order valence-corrected chi connectivity index (χ1v) is 9.55. The quantitative estimate of drug-likeness (QED) is 0.401. The van der Waals surface area contributed by atoms with Crippen molar-refractivity contribution >= 4 is 11.8 Å². The molecule has 0 spiro atoms. The summed E-state index contributed by atoms with van der Waals surface area (Å²) in [6, 6.07) is 23.0. The van der Waals surface area contributed by atoms with Crippen LogP contribution in [0.25, 0.3) is 0 Å². The maximum absolute atomic E-state index is 12.1. The first-order chi connectivity index (χ1) is 14.1. The SMILES string of the molecule is COC(=O)c1ccc(COc2c(CCc3ccccc3)cccc2C(C)=O)cc1. The molecule has 3 aromatic rings. The van der Waals surface area contributed by atoms with Crippen LogP contribution in [0.3, 0.4) is 0 Å². The number of benzene rings is 3. The van der Waals surface area contributed by atoms with Crippen LogP contribution in [0.15, 0.2) is 72.8 Å². The van der Waals surface area contributed by atoms with Crippen molar-refractivity contribution in [3.63, 3.8) is 0 Å². The Hall–Kier alpha value is -3.40. The van der Waals surface area contributed by atoms with E-state index < -0.39 is 0 Å². The summed E-state index contributed by atoms with van der Waals surface area (Å²) in [6.07, 6.45) is 1.65. The Kier molecular flexibility index (Phi) is 6.80. The normalized spacial score (nSPS) is 10.4. The first kappa shape index (κ1) is 20.3. The molecule has 0 heterocycles. The van der Waals surface area contributed by atoms with Crippen molar-refractivity contribution in [2.24, 2.45) is 0 Å². The summed E-state index contributed by atoms with van der Waals surface area (Å²) < 4.78 is 10.8. The summed E-state index contributed by atoms with van der Waals surface area (Å²) in [6.45, 7) is 1.86. The van der Waals surface area contributed by atoms with Crippen molar-refractivity contribution in [3.8, 4) is 5.75 Å². The highest BCUT2D eigenvalue weighted by atomic mass is 16.5. The third-order valence-corrected chi connectivity index (χ3v) is 4.76. The van der Waals surface area contributed by atoms with Crippen molar-refractivity contribution in [2.45, 2.75) is 26.4 Å². The van der Waals surface area contributed by atoms with Crippen LogP contribution in [-0.4, -0.2) is 18.9 Å². The number of carbonyl (C=O) groups is 2. The predicted octanol–water partition coefficient (Wildman–Crippen LogP) is 5.04. The van der Waals surface area contributed by atoms with Gasteiger partial charge in [0.1, 0.15) is 12.4 Å². The van der Waals surface area contributed by atoms with Crippen molar-refractivity contribution in [3.05, 3.63) is 101 Å². The van der Waals surface area contributed by atoms with Crippen LogP contribution in [0.5, 0.6) is 5.75 Å². The zero-order valence-corrected chi connectivity index (χ0v) is 16.7. The Labute approximate surface area is 171 Å². The van der Waals surface area contributed by atoms with E-state index in [2.05, 4.69) is 12.1 Å². The van der Waals surface area contributed by atoms with Gasteiger partial charge in [-0.3, -0.25) is 4.79 Å². The summed E-state index contributed by atoms with van der Waals surface area (Å²) in [5, 5.41) is 0. The minimum atomic E-state index is -0.373. The zero-order chi connectivity index (χ0) is 20.6. The van der Waals surface area contributed by atoms with Gasteiger partial charge >= 0.3 is 5.97 Å². The summed E-state index contributed by atoms with van der Waals surface area (Å²) >= 11 is 0. The number of methoxy groups -OCH3 is 1. The van der Waals surface area contributed by atoms with Gasteiger partial charge in [0.25, 0.3) is 0 Å². The smallest absolute Gasteiger partial charge is 0.337 e. The number of esters is 1. The molecule has 0 aliphatic rings. The van der Waals surface area contributed by atoms with Gasteiger partial charge in [-0.2, -0.15) is 0 Å². The number of hydrogen-bond donors (Lipinski definition) is 0. The lowest BCUT2D eigenvalue weighted by Gasteiger charge is -2.15. The van der Waals surface area contributed by atoms with Crippen LogP contribution < -0.4 is 4.74 Å². The van der Waals surface area contributed by atoms with E-state index in [0.29, 0.717) is 23.5 Å². The molecule has 0 radical (unpaired) electrons. The van der Waals surface area contributed by atoms with Gasteiger partial charge in [-0.1, -0.05) is 54.6 Å². The van der Waals surface area contributed by atoms with Gasteiger partial charge in [-0.15, -0.1) is 0 Å². The molecular weight excluding hydrogens is 364 g/mol. The molecule has 0 atom stereocenters. The summed E-state index contributed by atoms with van der Waals surface area (Å²) in [5.74, 6) is 0.234. The van der Waals surface area contributed by atoms with E-state index in [4.69, 9.17) is 9.47 Å². The van der Waals surface area contributed by atoms with Gasteiger partial charge in [0.05, 0.1) is 18.2 Å². The topological polar surface area (TPSA) is 52.6 Å². The van der Waals surface area contributed by atoms with E-state index in [1.165, 1.54) is 12.7 Å². The summed E-state index contributed by atoms with van der Waals surface area (Å²) in [7, 11) is 1.36. The second-order valence-electron chi connectivity index (χ2n) is 6.81. The molecule has 148 valence electrons. The second kappa shape index (κ2) is 9.69. The molecule has 29 heavy (non-hydrogen) atoms. The van der Waals surface area contributed by atoms with Gasteiger partial charge in [-0.05, 0) is 54.7 Å². The Bertz CT molecular complexity index is 975. The molecule has 0 bridgehead atoms. The predicted molar refractivity (Wildman–Crippen MR) is 112 cm³/mol. The monoisotopic (exact) mass is 388 g/mol. The minimum Gasteiger partial charge on any atom is -0.488 e. The molecule has 0 unspecified atom stereocenters. The zero-order valence-electron chi connectivity index (χ0n) is 16.7. The maximum atomic E-state index is 12.1. The van der Waals surface area contributed by atoms with Crippen LogP contribution in [-0.2, 0) is 24.2 Å². The summed E-state index contributed by atoms with van der Waals surface area (Å²) in [4.78, 5) is 23.7. The number of ketones is 1. The minimum absolute atomic E-state index is 0.0254. The Morgan fingerprint density at radius 3 is 2.17 bits per heavy atom. The number of aryl methyl sites for hydroxylation is 2. The first-order valence-electron chi connectivity index (χ1n) is 9.55. The number of para-hydroxylation sites is 1.